The second kappa shape index (κ2) is 8.66. The summed E-state index contributed by atoms with van der Waals surface area (Å²) in [5.41, 5.74) is 0. The lowest BCUT2D eigenvalue weighted by Crippen LogP contribution is -2.36. The van der Waals surface area contributed by atoms with Gasteiger partial charge in [-0.3, -0.25) is 9.59 Å². The molecule has 0 fully saturated rings. The van der Waals surface area contributed by atoms with Gasteiger partial charge in [0.2, 0.25) is 5.91 Å². The maximum atomic E-state index is 11.6. The Morgan fingerprint density at radius 1 is 1.47 bits per heavy atom. The zero-order valence-electron chi connectivity index (χ0n) is 11.3. The first-order valence-electron chi connectivity index (χ1n) is 6.32. The van der Waals surface area contributed by atoms with Crippen LogP contribution in [0.4, 0.5) is 0 Å². The fourth-order valence-electron chi connectivity index (χ4n) is 1.53. The summed E-state index contributed by atoms with van der Waals surface area (Å²) >= 11 is 1.61. The van der Waals surface area contributed by atoms with Gasteiger partial charge in [0.1, 0.15) is 0 Å². The summed E-state index contributed by atoms with van der Waals surface area (Å²) in [5, 5.41) is 7.79. The number of esters is 1. The van der Waals surface area contributed by atoms with Crippen LogP contribution in [0.5, 0.6) is 0 Å². The third-order valence-electron chi connectivity index (χ3n) is 2.44. The topological polar surface area (TPSA) is 67.4 Å². The quantitative estimate of drug-likeness (QED) is 0.560. The lowest BCUT2D eigenvalue weighted by atomic mass is 10.3. The van der Waals surface area contributed by atoms with E-state index in [4.69, 9.17) is 4.74 Å². The minimum atomic E-state index is -0.248. The fraction of sp³-hybridized carbons (Fsp3) is 0.538. The zero-order chi connectivity index (χ0) is 14.1. The number of ether oxygens (including phenoxy) is 1. The van der Waals surface area contributed by atoms with E-state index < -0.39 is 0 Å². The van der Waals surface area contributed by atoms with Crippen molar-refractivity contribution in [2.24, 2.45) is 0 Å². The third kappa shape index (κ3) is 6.35. The van der Waals surface area contributed by atoms with E-state index in [0.717, 1.165) is 4.88 Å². The van der Waals surface area contributed by atoms with Gasteiger partial charge in [0.05, 0.1) is 25.6 Å². The molecule has 1 rings (SSSR count). The molecule has 1 atom stereocenters. The van der Waals surface area contributed by atoms with Crippen LogP contribution >= 0.6 is 11.3 Å². The highest BCUT2D eigenvalue weighted by Gasteiger charge is 2.10. The van der Waals surface area contributed by atoms with Crippen LogP contribution in [-0.4, -0.2) is 31.6 Å². The van der Waals surface area contributed by atoms with Crippen LogP contribution in [0.2, 0.25) is 0 Å². The molecule has 1 amide bonds. The first-order valence-corrected chi connectivity index (χ1v) is 7.20. The molecule has 0 bridgehead atoms. The summed E-state index contributed by atoms with van der Waals surface area (Å²) in [7, 11) is 0. The predicted molar refractivity (Wildman–Crippen MR) is 75.0 cm³/mol. The van der Waals surface area contributed by atoms with Crippen molar-refractivity contribution in [3.63, 3.8) is 0 Å². The molecule has 6 heteroatoms. The zero-order valence-corrected chi connectivity index (χ0v) is 12.1. The van der Waals surface area contributed by atoms with Crippen molar-refractivity contribution in [1.82, 2.24) is 10.6 Å². The van der Waals surface area contributed by atoms with Crippen molar-refractivity contribution >= 4 is 23.2 Å². The van der Waals surface area contributed by atoms with E-state index in [1.165, 1.54) is 0 Å². The molecule has 0 radical (unpaired) electrons. The summed E-state index contributed by atoms with van der Waals surface area (Å²) in [4.78, 5) is 23.8. The second-order valence-electron chi connectivity index (χ2n) is 4.04. The number of nitrogens with one attached hydrogen (secondary N) is 2. The molecule has 1 aromatic heterocycles. The Hall–Kier alpha value is -1.40. The number of rotatable bonds is 8. The van der Waals surface area contributed by atoms with Crippen LogP contribution in [0.1, 0.15) is 31.2 Å². The lowest BCUT2D eigenvalue weighted by Gasteiger charge is -2.12. The second-order valence-corrected chi connectivity index (χ2v) is 5.02. The van der Waals surface area contributed by atoms with Gasteiger partial charge in [-0.25, -0.2) is 0 Å². The average Bonchev–Trinajstić information content (AvgIpc) is 2.89. The number of hydrogen-bond acceptors (Lipinski definition) is 5. The van der Waals surface area contributed by atoms with E-state index in [1.807, 2.05) is 24.4 Å². The Morgan fingerprint density at radius 2 is 2.26 bits per heavy atom. The van der Waals surface area contributed by atoms with Crippen molar-refractivity contribution in [1.29, 1.82) is 0 Å². The first kappa shape index (κ1) is 15.7. The largest absolute Gasteiger partial charge is 0.466 e. The van der Waals surface area contributed by atoms with E-state index in [2.05, 4.69) is 10.6 Å². The molecule has 1 unspecified atom stereocenters. The lowest BCUT2D eigenvalue weighted by molar-refractivity contribution is -0.143. The number of hydrogen-bond donors (Lipinski definition) is 2. The smallest absolute Gasteiger partial charge is 0.307 e. The highest BCUT2D eigenvalue weighted by Crippen LogP contribution is 2.17. The molecule has 0 aliphatic rings. The first-order chi connectivity index (χ1) is 9.13. The number of carbonyl (C=O) groups excluding carboxylic acids is 2. The highest BCUT2D eigenvalue weighted by molar-refractivity contribution is 7.10. The van der Waals surface area contributed by atoms with E-state index in [-0.39, 0.29) is 30.9 Å². The van der Waals surface area contributed by atoms with Gasteiger partial charge >= 0.3 is 5.97 Å². The molecular weight excluding hydrogens is 264 g/mol. The molecule has 0 saturated heterocycles. The molecule has 0 aliphatic heterocycles. The Labute approximate surface area is 117 Å². The van der Waals surface area contributed by atoms with Gasteiger partial charge in [0.25, 0.3) is 0 Å². The standard InChI is InChI=1S/C13H20N2O3S/c1-3-18-13(17)6-7-14-9-12(16)15-10(2)11-5-4-8-19-11/h4-5,8,10,14H,3,6-7,9H2,1-2H3,(H,15,16). The molecular formula is C13H20N2O3S. The summed E-state index contributed by atoms with van der Waals surface area (Å²) in [6.07, 6.45) is 0.279. The molecule has 1 aromatic rings. The summed E-state index contributed by atoms with van der Waals surface area (Å²) in [6.45, 7) is 4.75. The van der Waals surface area contributed by atoms with Crippen LogP contribution in [-0.2, 0) is 14.3 Å². The molecule has 1 heterocycles. The minimum Gasteiger partial charge on any atom is -0.466 e. The van der Waals surface area contributed by atoms with E-state index in [1.54, 1.807) is 18.3 Å². The van der Waals surface area contributed by atoms with Crippen LogP contribution in [0.3, 0.4) is 0 Å². The van der Waals surface area contributed by atoms with Crippen LogP contribution in [0.25, 0.3) is 0 Å². The van der Waals surface area contributed by atoms with Gasteiger partial charge in [-0.1, -0.05) is 6.07 Å². The van der Waals surface area contributed by atoms with Gasteiger partial charge in [0.15, 0.2) is 0 Å². The maximum Gasteiger partial charge on any atom is 0.307 e. The van der Waals surface area contributed by atoms with Crippen molar-refractivity contribution in [2.45, 2.75) is 26.3 Å². The van der Waals surface area contributed by atoms with E-state index in [9.17, 15) is 9.59 Å². The van der Waals surface area contributed by atoms with E-state index >= 15 is 0 Å². The van der Waals surface area contributed by atoms with Gasteiger partial charge in [-0.2, -0.15) is 0 Å². The minimum absolute atomic E-state index is 0.0133. The van der Waals surface area contributed by atoms with Gasteiger partial charge in [-0.15, -0.1) is 11.3 Å². The molecule has 0 saturated carbocycles. The fourth-order valence-corrected chi connectivity index (χ4v) is 2.26. The predicted octanol–water partition coefficient (Wildman–Crippen LogP) is 1.47. The average molecular weight is 284 g/mol. The molecule has 106 valence electrons. The summed E-state index contributed by atoms with van der Waals surface area (Å²) < 4.78 is 4.78. The van der Waals surface area contributed by atoms with Gasteiger partial charge in [-0.05, 0) is 25.3 Å². The molecule has 0 aliphatic carbocycles. The number of carbonyl (C=O) groups is 2. The molecule has 19 heavy (non-hydrogen) atoms. The van der Waals surface area contributed by atoms with Crippen molar-refractivity contribution < 1.29 is 14.3 Å². The molecule has 0 aromatic carbocycles. The Balaban J connectivity index is 2.13. The Morgan fingerprint density at radius 3 is 2.89 bits per heavy atom. The van der Waals surface area contributed by atoms with Crippen molar-refractivity contribution in [3.05, 3.63) is 22.4 Å². The maximum absolute atomic E-state index is 11.6. The summed E-state index contributed by atoms with van der Waals surface area (Å²) in [6, 6.07) is 3.96. The third-order valence-corrected chi connectivity index (χ3v) is 3.50. The van der Waals surface area contributed by atoms with Crippen LogP contribution in [0.15, 0.2) is 17.5 Å². The van der Waals surface area contributed by atoms with Crippen molar-refractivity contribution in [3.8, 4) is 0 Å². The van der Waals surface area contributed by atoms with Gasteiger partial charge in [0, 0.05) is 11.4 Å². The number of amides is 1. The molecule has 2 N–H and O–H groups in total. The SMILES string of the molecule is CCOC(=O)CCNCC(=O)NC(C)c1cccs1. The monoisotopic (exact) mass is 284 g/mol. The normalized spacial score (nSPS) is 11.9. The van der Waals surface area contributed by atoms with Crippen molar-refractivity contribution in [2.75, 3.05) is 19.7 Å². The molecule has 5 nitrogen and oxygen atoms in total. The van der Waals surface area contributed by atoms with Crippen LogP contribution in [0, 0.1) is 0 Å². The van der Waals surface area contributed by atoms with E-state index in [0.29, 0.717) is 13.2 Å². The van der Waals surface area contributed by atoms with Crippen LogP contribution < -0.4 is 10.6 Å². The Bertz CT molecular complexity index is 393. The Kier molecular flexibility index (Phi) is 7.14. The molecule has 0 spiro atoms. The summed E-state index contributed by atoms with van der Waals surface area (Å²) in [5.74, 6) is -0.327. The van der Waals surface area contributed by atoms with Gasteiger partial charge < -0.3 is 15.4 Å². The number of thiophene rings is 1. The highest BCUT2D eigenvalue weighted by atomic mass is 32.1.